The molecule has 0 amide bonds. The van der Waals surface area contributed by atoms with Gasteiger partial charge in [-0.25, -0.2) is 0 Å². The SMILES string of the molecule is CC1(C)CCCCC1c1nc(Br)no1. The Hall–Kier alpha value is -0.380. The van der Waals surface area contributed by atoms with E-state index in [1.165, 1.54) is 25.7 Å². The summed E-state index contributed by atoms with van der Waals surface area (Å²) in [6, 6.07) is 0. The second kappa shape index (κ2) is 3.65. The molecule has 1 atom stereocenters. The molecule has 78 valence electrons. The van der Waals surface area contributed by atoms with Crippen molar-refractivity contribution < 1.29 is 4.52 Å². The Bertz CT molecular complexity index is 322. The molecule has 1 aromatic heterocycles. The number of nitrogens with zero attached hydrogens (tertiary/aromatic N) is 2. The summed E-state index contributed by atoms with van der Waals surface area (Å²) in [6.07, 6.45) is 5.01. The van der Waals surface area contributed by atoms with Gasteiger partial charge in [-0.3, -0.25) is 0 Å². The van der Waals surface area contributed by atoms with Crippen molar-refractivity contribution in [3.63, 3.8) is 0 Å². The van der Waals surface area contributed by atoms with Crippen molar-refractivity contribution in [2.45, 2.75) is 45.4 Å². The quantitative estimate of drug-likeness (QED) is 0.774. The van der Waals surface area contributed by atoms with Gasteiger partial charge in [-0.05, 0) is 39.3 Å². The lowest BCUT2D eigenvalue weighted by Gasteiger charge is -2.36. The molecule has 1 aromatic rings. The van der Waals surface area contributed by atoms with E-state index in [9.17, 15) is 0 Å². The lowest BCUT2D eigenvalue weighted by molar-refractivity contribution is 0.164. The van der Waals surface area contributed by atoms with Crippen molar-refractivity contribution >= 4 is 15.9 Å². The summed E-state index contributed by atoms with van der Waals surface area (Å²) >= 11 is 3.22. The summed E-state index contributed by atoms with van der Waals surface area (Å²) in [4.78, 5) is 4.27. The first-order chi connectivity index (χ1) is 6.59. The second-order valence-electron chi connectivity index (χ2n) is 4.69. The highest BCUT2D eigenvalue weighted by molar-refractivity contribution is 9.10. The Morgan fingerprint density at radius 3 is 2.79 bits per heavy atom. The minimum absolute atomic E-state index is 0.296. The van der Waals surface area contributed by atoms with Crippen LogP contribution >= 0.6 is 15.9 Å². The van der Waals surface area contributed by atoms with Crippen LogP contribution in [-0.2, 0) is 0 Å². The van der Waals surface area contributed by atoms with Gasteiger partial charge in [0.25, 0.3) is 0 Å². The highest BCUT2D eigenvalue weighted by Crippen LogP contribution is 2.46. The van der Waals surface area contributed by atoms with Gasteiger partial charge in [0.2, 0.25) is 10.6 Å². The van der Waals surface area contributed by atoms with Crippen LogP contribution in [0.4, 0.5) is 0 Å². The molecule has 0 saturated heterocycles. The molecule has 1 saturated carbocycles. The minimum atomic E-state index is 0.296. The number of halogens is 1. The van der Waals surface area contributed by atoms with Crippen LogP contribution in [0, 0.1) is 5.41 Å². The molecule has 3 nitrogen and oxygen atoms in total. The summed E-state index contributed by atoms with van der Waals surface area (Å²) in [5.41, 5.74) is 0.296. The summed E-state index contributed by atoms with van der Waals surface area (Å²) in [5.74, 6) is 1.22. The normalized spacial score (nSPS) is 26.4. The molecule has 0 aromatic carbocycles. The largest absolute Gasteiger partial charge is 0.338 e. The molecule has 1 unspecified atom stereocenters. The molecule has 14 heavy (non-hydrogen) atoms. The van der Waals surface area contributed by atoms with Crippen molar-refractivity contribution in [2.24, 2.45) is 5.41 Å². The molecule has 0 bridgehead atoms. The summed E-state index contributed by atoms with van der Waals surface area (Å²) in [5, 5.41) is 3.79. The minimum Gasteiger partial charge on any atom is -0.338 e. The Morgan fingerprint density at radius 2 is 2.21 bits per heavy atom. The van der Waals surface area contributed by atoms with Gasteiger partial charge < -0.3 is 4.52 Å². The van der Waals surface area contributed by atoms with E-state index in [4.69, 9.17) is 4.52 Å². The Balaban J connectivity index is 2.23. The van der Waals surface area contributed by atoms with Gasteiger partial charge in [0.1, 0.15) is 0 Å². The maximum Gasteiger partial charge on any atom is 0.238 e. The summed E-state index contributed by atoms with van der Waals surface area (Å²) < 4.78 is 5.80. The monoisotopic (exact) mass is 258 g/mol. The zero-order valence-corrected chi connectivity index (χ0v) is 10.2. The predicted molar refractivity (Wildman–Crippen MR) is 57.0 cm³/mol. The maximum atomic E-state index is 5.23. The Morgan fingerprint density at radius 1 is 1.43 bits per heavy atom. The zero-order chi connectivity index (χ0) is 10.2. The van der Waals surface area contributed by atoms with Gasteiger partial charge in [0, 0.05) is 5.92 Å². The average molecular weight is 259 g/mol. The van der Waals surface area contributed by atoms with E-state index in [1.807, 2.05) is 0 Å². The van der Waals surface area contributed by atoms with E-state index in [0.29, 0.717) is 16.1 Å². The van der Waals surface area contributed by atoms with Crippen LogP contribution in [0.3, 0.4) is 0 Å². The third-order valence-electron chi connectivity index (χ3n) is 3.22. The third-order valence-corrected chi connectivity index (χ3v) is 3.54. The highest BCUT2D eigenvalue weighted by atomic mass is 79.9. The van der Waals surface area contributed by atoms with Crippen LogP contribution in [0.25, 0.3) is 0 Å². The van der Waals surface area contributed by atoms with E-state index in [2.05, 4.69) is 39.9 Å². The first kappa shape index (κ1) is 10.1. The van der Waals surface area contributed by atoms with Crippen molar-refractivity contribution in [1.29, 1.82) is 0 Å². The fourth-order valence-corrected chi connectivity index (χ4v) is 2.56. The average Bonchev–Trinajstić information content (AvgIpc) is 2.51. The maximum absolute atomic E-state index is 5.23. The topological polar surface area (TPSA) is 38.9 Å². The van der Waals surface area contributed by atoms with Crippen molar-refractivity contribution in [3.05, 3.63) is 10.6 Å². The molecule has 1 heterocycles. The van der Waals surface area contributed by atoms with Crippen LogP contribution in [0.2, 0.25) is 0 Å². The van der Waals surface area contributed by atoms with Crippen LogP contribution in [0.15, 0.2) is 9.26 Å². The lowest BCUT2D eigenvalue weighted by atomic mass is 9.69. The van der Waals surface area contributed by atoms with E-state index >= 15 is 0 Å². The molecule has 4 heteroatoms. The number of hydrogen-bond acceptors (Lipinski definition) is 3. The van der Waals surface area contributed by atoms with Gasteiger partial charge in [-0.15, -0.1) is 0 Å². The molecule has 1 fully saturated rings. The molecular weight excluding hydrogens is 244 g/mol. The Labute approximate surface area is 92.4 Å². The van der Waals surface area contributed by atoms with Gasteiger partial charge in [-0.2, -0.15) is 4.98 Å². The number of hydrogen-bond donors (Lipinski definition) is 0. The molecular formula is C10H15BrN2O. The molecule has 0 N–H and O–H groups in total. The number of rotatable bonds is 1. The molecule has 0 radical (unpaired) electrons. The standard InChI is InChI=1S/C10H15BrN2O/c1-10(2)6-4-3-5-7(10)8-12-9(11)13-14-8/h7H,3-6H2,1-2H3. The fraction of sp³-hybridized carbons (Fsp3) is 0.800. The fourth-order valence-electron chi connectivity index (χ4n) is 2.31. The van der Waals surface area contributed by atoms with E-state index in [-0.39, 0.29) is 0 Å². The van der Waals surface area contributed by atoms with Crippen molar-refractivity contribution in [2.75, 3.05) is 0 Å². The number of aromatic nitrogens is 2. The van der Waals surface area contributed by atoms with E-state index in [1.54, 1.807) is 0 Å². The van der Waals surface area contributed by atoms with E-state index in [0.717, 1.165) is 5.89 Å². The highest BCUT2D eigenvalue weighted by Gasteiger charge is 2.36. The van der Waals surface area contributed by atoms with Gasteiger partial charge in [-0.1, -0.05) is 26.7 Å². The predicted octanol–water partition coefficient (Wildman–Crippen LogP) is 3.52. The van der Waals surface area contributed by atoms with Gasteiger partial charge in [0.05, 0.1) is 0 Å². The molecule has 2 rings (SSSR count). The first-order valence-electron chi connectivity index (χ1n) is 5.09. The Kier molecular flexibility index (Phi) is 2.64. The first-order valence-corrected chi connectivity index (χ1v) is 5.88. The van der Waals surface area contributed by atoms with Crippen LogP contribution < -0.4 is 0 Å². The third kappa shape index (κ3) is 1.85. The van der Waals surface area contributed by atoms with Crippen molar-refractivity contribution in [1.82, 2.24) is 10.1 Å². The second-order valence-corrected chi connectivity index (χ2v) is 5.40. The van der Waals surface area contributed by atoms with Gasteiger partial charge >= 0.3 is 0 Å². The lowest BCUT2D eigenvalue weighted by Crippen LogP contribution is -2.26. The smallest absolute Gasteiger partial charge is 0.238 e. The van der Waals surface area contributed by atoms with Crippen molar-refractivity contribution in [3.8, 4) is 0 Å². The van der Waals surface area contributed by atoms with E-state index < -0.39 is 0 Å². The summed E-state index contributed by atoms with van der Waals surface area (Å²) in [7, 11) is 0. The molecule has 1 aliphatic rings. The van der Waals surface area contributed by atoms with Crippen LogP contribution in [-0.4, -0.2) is 10.1 Å². The summed E-state index contributed by atoms with van der Waals surface area (Å²) in [6.45, 7) is 4.57. The molecule has 1 aliphatic carbocycles. The van der Waals surface area contributed by atoms with Crippen LogP contribution in [0.5, 0.6) is 0 Å². The zero-order valence-electron chi connectivity index (χ0n) is 8.59. The van der Waals surface area contributed by atoms with Crippen LogP contribution in [0.1, 0.15) is 51.3 Å². The molecule has 0 aliphatic heterocycles. The van der Waals surface area contributed by atoms with Gasteiger partial charge in [0.15, 0.2) is 0 Å². The molecule has 0 spiro atoms.